The van der Waals surface area contributed by atoms with Crippen LogP contribution in [0.2, 0.25) is 0 Å². The summed E-state index contributed by atoms with van der Waals surface area (Å²) in [6.45, 7) is 1.68. The molecule has 2 heterocycles. The van der Waals surface area contributed by atoms with E-state index in [1.54, 1.807) is 6.92 Å². The molecule has 0 N–H and O–H groups in total. The average molecular weight is 184 g/mol. The summed E-state index contributed by atoms with van der Waals surface area (Å²) >= 11 is 3.83. The highest BCUT2D eigenvalue weighted by Gasteiger charge is 2.12. The molecule has 7 heteroatoms. The van der Waals surface area contributed by atoms with Gasteiger partial charge >= 0.3 is 11.8 Å². The number of aryl methyl sites for hydroxylation is 1. The third-order valence-corrected chi connectivity index (χ3v) is 1.30. The monoisotopic (exact) mass is 184 g/mol. The molecular weight excluding hydrogens is 180 g/mol. The second kappa shape index (κ2) is 2.59. The zero-order chi connectivity index (χ0) is 8.55. The van der Waals surface area contributed by atoms with Crippen molar-refractivity contribution in [2.45, 2.75) is 12.1 Å². The molecule has 0 fully saturated rings. The molecule has 0 aliphatic rings. The first kappa shape index (κ1) is 7.29. The van der Waals surface area contributed by atoms with Crippen LogP contribution in [0.15, 0.2) is 14.1 Å². The Bertz CT molecular complexity index is 357. The lowest BCUT2D eigenvalue weighted by molar-refractivity contribution is 0.440. The molecule has 0 aromatic carbocycles. The van der Waals surface area contributed by atoms with Crippen molar-refractivity contribution in [2.24, 2.45) is 0 Å². The second-order valence-corrected chi connectivity index (χ2v) is 2.40. The van der Waals surface area contributed by atoms with Crippen LogP contribution in [0.3, 0.4) is 0 Å². The third kappa shape index (κ3) is 1.18. The molecule has 2 aromatic rings. The first-order chi connectivity index (χ1) is 5.75. The third-order valence-electron chi connectivity index (χ3n) is 1.12. The molecule has 0 amide bonds. The van der Waals surface area contributed by atoms with E-state index < -0.39 is 0 Å². The first-order valence-corrected chi connectivity index (χ1v) is 3.53. The van der Waals surface area contributed by atoms with Gasteiger partial charge in [-0.05, 0) is 0 Å². The van der Waals surface area contributed by atoms with Gasteiger partial charge in [-0.2, -0.15) is 0 Å². The fraction of sp³-hybridized carbons (Fsp3) is 0.200. The van der Waals surface area contributed by atoms with Crippen molar-refractivity contribution in [3.63, 3.8) is 0 Å². The smallest absolute Gasteiger partial charge is 0.306 e. The maximum absolute atomic E-state index is 5.03. The van der Waals surface area contributed by atoms with Gasteiger partial charge in [0.15, 0.2) is 0 Å². The largest absolute Gasteiger partial charge is 0.417 e. The van der Waals surface area contributed by atoms with Gasteiger partial charge in [0.25, 0.3) is 5.22 Å². The number of thiol groups is 1. The topological polar surface area (TPSA) is 77.8 Å². The molecule has 0 spiro atoms. The number of aromatic nitrogens is 4. The quantitative estimate of drug-likeness (QED) is 0.658. The summed E-state index contributed by atoms with van der Waals surface area (Å²) in [6, 6.07) is 0. The number of rotatable bonds is 1. The van der Waals surface area contributed by atoms with Crippen LogP contribution >= 0.6 is 12.6 Å². The lowest BCUT2D eigenvalue weighted by Gasteiger charge is -1.80. The van der Waals surface area contributed by atoms with Crippen molar-refractivity contribution >= 4 is 12.6 Å². The molecule has 0 bridgehead atoms. The van der Waals surface area contributed by atoms with Gasteiger partial charge in [0.1, 0.15) is 0 Å². The van der Waals surface area contributed by atoms with Crippen molar-refractivity contribution in [3.05, 3.63) is 5.89 Å². The normalized spacial score (nSPS) is 10.5. The fourth-order valence-corrected chi connectivity index (χ4v) is 0.816. The van der Waals surface area contributed by atoms with Crippen LogP contribution in [0.25, 0.3) is 11.8 Å². The second-order valence-electron chi connectivity index (χ2n) is 2.02. The maximum atomic E-state index is 5.03. The van der Waals surface area contributed by atoms with Gasteiger partial charge in [-0.15, -0.1) is 20.4 Å². The van der Waals surface area contributed by atoms with E-state index in [0.29, 0.717) is 5.89 Å². The van der Waals surface area contributed by atoms with E-state index in [0.717, 1.165) is 0 Å². The fourth-order valence-electron chi connectivity index (χ4n) is 0.685. The van der Waals surface area contributed by atoms with E-state index in [2.05, 4.69) is 33.0 Å². The van der Waals surface area contributed by atoms with Gasteiger partial charge in [-0.3, -0.25) is 0 Å². The summed E-state index contributed by atoms with van der Waals surface area (Å²) in [5, 5.41) is 14.6. The van der Waals surface area contributed by atoms with Crippen molar-refractivity contribution in [2.75, 3.05) is 0 Å². The Morgan fingerprint density at radius 3 is 2.17 bits per heavy atom. The summed E-state index contributed by atoms with van der Waals surface area (Å²) in [4.78, 5) is 0. The Morgan fingerprint density at radius 2 is 1.67 bits per heavy atom. The van der Waals surface area contributed by atoms with Gasteiger partial charge < -0.3 is 8.83 Å². The number of hydrogen-bond donors (Lipinski definition) is 1. The molecular formula is C5H4N4O2S. The summed E-state index contributed by atoms with van der Waals surface area (Å²) in [5.41, 5.74) is 0. The van der Waals surface area contributed by atoms with Gasteiger partial charge in [0.05, 0.1) is 0 Å². The van der Waals surface area contributed by atoms with Crippen molar-refractivity contribution in [3.8, 4) is 11.8 Å². The zero-order valence-electron chi connectivity index (χ0n) is 6.05. The van der Waals surface area contributed by atoms with Crippen LogP contribution in [-0.4, -0.2) is 20.4 Å². The zero-order valence-corrected chi connectivity index (χ0v) is 6.95. The molecule has 2 rings (SSSR count). The van der Waals surface area contributed by atoms with Gasteiger partial charge in [-0.25, -0.2) is 0 Å². The Kier molecular flexibility index (Phi) is 1.58. The summed E-state index contributed by atoms with van der Waals surface area (Å²) in [6.07, 6.45) is 0. The molecule has 0 aliphatic carbocycles. The first-order valence-electron chi connectivity index (χ1n) is 3.08. The highest BCUT2D eigenvalue weighted by atomic mass is 32.1. The molecule has 2 aromatic heterocycles. The van der Waals surface area contributed by atoms with Crippen molar-refractivity contribution in [1.29, 1.82) is 0 Å². The molecule has 0 atom stereocenters. The van der Waals surface area contributed by atoms with E-state index in [-0.39, 0.29) is 17.0 Å². The van der Waals surface area contributed by atoms with Crippen LogP contribution in [0, 0.1) is 6.92 Å². The van der Waals surface area contributed by atoms with E-state index in [4.69, 9.17) is 8.83 Å². The summed E-state index contributed by atoms with van der Waals surface area (Å²) in [5.74, 6) is 0.838. The standard InChI is InChI=1S/C5H4N4O2S/c1-2-6-7-3(10-2)4-8-9-5(12)11-4/h1H3,(H,9,12). The predicted molar refractivity (Wildman–Crippen MR) is 39.6 cm³/mol. The van der Waals surface area contributed by atoms with Crippen LogP contribution in [-0.2, 0) is 0 Å². The molecule has 62 valence electrons. The molecule has 0 radical (unpaired) electrons. The van der Waals surface area contributed by atoms with E-state index >= 15 is 0 Å². The molecule has 0 aliphatic heterocycles. The van der Waals surface area contributed by atoms with Crippen LogP contribution in [0.4, 0.5) is 0 Å². The minimum atomic E-state index is 0.167. The lowest BCUT2D eigenvalue weighted by Crippen LogP contribution is -1.76. The van der Waals surface area contributed by atoms with E-state index in [9.17, 15) is 0 Å². The maximum Gasteiger partial charge on any atom is 0.306 e. The van der Waals surface area contributed by atoms with Gasteiger partial charge in [0.2, 0.25) is 5.89 Å². The summed E-state index contributed by atoms with van der Waals surface area (Å²) in [7, 11) is 0. The molecule has 6 nitrogen and oxygen atoms in total. The molecule has 0 unspecified atom stereocenters. The average Bonchev–Trinajstić information content (AvgIpc) is 2.58. The molecule has 0 saturated carbocycles. The van der Waals surface area contributed by atoms with Crippen molar-refractivity contribution in [1.82, 2.24) is 20.4 Å². The Hall–Kier alpha value is -1.37. The Labute approximate surface area is 72.4 Å². The van der Waals surface area contributed by atoms with Gasteiger partial charge in [-0.1, -0.05) is 12.6 Å². The summed E-state index contributed by atoms with van der Waals surface area (Å²) < 4.78 is 9.96. The van der Waals surface area contributed by atoms with Crippen molar-refractivity contribution < 1.29 is 8.83 Å². The minimum absolute atomic E-state index is 0.167. The van der Waals surface area contributed by atoms with Crippen LogP contribution in [0.1, 0.15) is 5.89 Å². The van der Waals surface area contributed by atoms with E-state index in [1.807, 2.05) is 0 Å². The molecule has 12 heavy (non-hydrogen) atoms. The highest BCUT2D eigenvalue weighted by Crippen LogP contribution is 2.16. The Balaban J connectivity index is 2.43. The van der Waals surface area contributed by atoms with E-state index in [1.165, 1.54) is 0 Å². The van der Waals surface area contributed by atoms with Crippen LogP contribution < -0.4 is 0 Å². The minimum Gasteiger partial charge on any atom is -0.417 e. The SMILES string of the molecule is Cc1nnc(-c2nnc(S)o2)o1. The highest BCUT2D eigenvalue weighted by molar-refractivity contribution is 7.80. The van der Waals surface area contributed by atoms with Gasteiger partial charge in [0, 0.05) is 6.92 Å². The predicted octanol–water partition coefficient (Wildman–Crippen LogP) is 0.717. The molecule has 0 saturated heterocycles. The number of nitrogens with zero attached hydrogens (tertiary/aromatic N) is 4. The Morgan fingerprint density at radius 1 is 1.00 bits per heavy atom. The van der Waals surface area contributed by atoms with Crippen LogP contribution in [0.5, 0.6) is 0 Å². The lowest BCUT2D eigenvalue weighted by atomic mass is 10.7. The number of hydrogen-bond acceptors (Lipinski definition) is 7.